The van der Waals surface area contributed by atoms with Gasteiger partial charge in [-0.1, -0.05) is 128 Å². The summed E-state index contributed by atoms with van der Waals surface area (Å²) in [5, 5.41) is 13.9. The third-order valence-corrected chi connectivity index (χ3v) is 13.6. The topological polar surface area (TPSA) is 50.2 Å². The zero-order valence-electron chi connectivity index (χ0n) is 37.5. The molecule has 3 fully saturated rings. The van der Waals surface area contributed by atoms with Crippen LogP contribution in [0.4, 0.5) is 0 Å². The van der Waals surface area contributed by atoms with E-state index in [0.717, 1.165) is 54.3 Å². The number of aliphatic hydroxyl groups is 1. The number of nitrogens with zero attached hydrogens (tertiary/aromatic N) is 1. The Hall–Kier alpha value is -2.81. The summed E-state index contributed by atoms with van der Waals surface area (Å²) in [4.78, 5) is 17.3. The van der Waals surface area contributed by atoms with Gasteiger partial charge in [-0.15, -0.1) is 29.1 Å². The second-order valence-corrected chi connectivity index (χ2v) is 20.6. The van der Waals surface area contributed by atoms with Crippen molar-refractivity contribution in [2.75, 3.05) is 0 Å². The van der Waals surface area contributed by atoms with Crippen molar-refractivity contribution < 1.29 is 30.0 Å². The van der Waals surface area contributed by atoms with Crippen molar-refractivity contribution in [3.63, 3.8) is 0 Å². The molecule has 0 atom stereocenters. The van der Waals surface area contributed by atoms with Gasteiger partial charge in [-0.25, -0.2) is 0 Å². The molecule has 3 nitrogen and oxygen atoms in total. The summed E-state index contributed by atoms with van der Waals surface area (Å²) in [6.07, 6.45) is 20.9. The molecule has 3 aliphatic rings. The predicted octanol–water partition coefficient (Wildman–Crippen LogP) is 15.7. The van der Waals surface area contributed by atoms with E-state index in [1.807, 2.05) is 0 Å². The van der Waals surface area contributed by atoms with Crippen LogP contribution in [-0.2, 0) is 30.3 Å². The molecule has 0 amide bonds. The third kappa shape index (κ3) is 11.5. The molecule has 0 bridgehead atoms. The first-order valence-electron chi connectivity index (χ1n) is 22.9. The Balaban J connectivity index is 0.000000298. The fourth-order valence-corrected chi connectivity index (χ4v) is 11.2. The third-order valence-electron chi connectivity index (χ3n) is 13.6. The van der Waals surface area contributed by atoms with E-state index in [2.05, 4.69) is 117 Å². The van der Waals surface area contributed by atoms with Crippen LogP contribution in [0.1, 0.15) is 179 Å². The average Bonchev–Trinajstić information content (AvgIpc) is 3.17. The minimum Gasteiger partial charge on any atom is -0.512 e. The van der Waals surface area contributed by atoms with E-state index in [4.69, 9.17) is 4.98 Å². The van der Waals surface area contributed by atoms with Crippen molar-refractivity contribution >= 4 is 27.5 Å². The summed E-state index contributed by atoms with van der Waals surface area (Å²) < 4.78 is 0. The Bertz CT molecular complexity index is 2000. The number of fused-ring (bicyclic) bond motifs is 2. The second kappa shape index (κ2) is 20.2. The number of pyridine rings is 1. The monoisotopic (exact) mass is 962 g/mol. The van der Waals surface area contributed by atoms with E-state index < -0.39 is 0 Å². The molecule has 317 valence electrons. The van der Waals surface area contributed by atoms with E-state index in [-0.39, 0.29) is 43.1 Å². The largest absolute Gasteiger partial charge is 0.512 e. The number of hydrogen-bond donors (Lipinski definition) is 1. The molecule has 58 heavy (non-hydrogen) atoms. The van der Waals surface area contributed by atoms with Crippen LogP contribution in [0.2, 0.25) is 0 Å². The maximum absolute atomic E-state index is 12.0. The van der Waals surface area contributed by atoms with Crippen LogP contribution in [0.3, 0.4) is 0 Å². The van der Waals surface area contributed by atoms with E-state index in [0.29, 0.717) is 17.1 Å². The molecule has 3 aliphatic carbocycles. The van der Waals surface area contributed by atoms with Crippen LogP contribution in [0, 0.1) is 49.0 Å². The van der Waals surface area contributed by atoms with Crippen molar-refractivity contribution in [2.45, 2.75) is 176 Å². The summed E-state index contributed by atoms with van der Waals surface area (Å²) in [7, 11) is 0. The molecule has 1 radical (unpaired) electrons. The normalized spacial score (nSPS) is 18.6. The fourth-order valence-electron chi connectivity index (χ4n) is 11.2. The van der Waals surface area contributed by atoms with Gasteiger partial charge >= 0.3 is 0 Å². The minimum atomic E-state index is 0. The summed E-state index contributed by atoms with van der Waals surface area (Å²) >= 11 is 0. The van der Waals surface area contributed by atoms with Gasteiger partial charge in [-0.3, -0.25) is 9.78 Å². The van der Waals surface area contributed by atoms with Gasteiger partial charge in [0, 0.05) is 49.1 Å². The number of allylic oxidation sites excluding steroid dienone is 2. The summed E-state index contributed by atoms with van der Waals surface area (Å²) in [5.74, 6) is 3.09. The Morgan fingerprint density at radius 3 is 2.00 bits per heavy atom. The minimum absolute atomic E-state index is 0. The molecular formula is C54H74IrNO2-. The summed E-state index contributed by atoms with van der Waals surface area (Å²) in [6, 6.07) is 21.9. The maximum Gasteiger partial charge on any atom is 0.162 e. The average molecular weight is 961 g/mol. The van der Waals surface area contributed by atoms with Crippen molar-refractivity contribution in [2.24, 2.45) is 29.1 Å². The molecule has 0 aliphatic heterocycles. The Labute approximate surface area is 366 Å². The molecule has 3 aromatic carbocycles. The van der Waals surface area contributed by atoms with E-state index in [1.54, 1.807) is 6.08 Å². The van der Waals surface area contributed by atoms with Crippen molar-refractivity contribution in [1.29, 1.82) is 0 Å². The van der Waals surface area contributed by atoms with Crippen molar-refractivity contribution in [1.82, 2.24) is 4.98 Å². The Kier molecular flexibility index (Phi) is 16.1. The number of carbonyl (C=O) groups excluding carboxylic acids is 1. The molecule has 1 heterocycles. The zero-order valence-corrected chi connectivity index (χ0v) is 39.9. The zero-order chi connectivity index (χ0) is 40.9. The van der Waals surface area contributed by atoms with Crippen molar-refractivity contribution in [3.05, 3.63) is 88.7 Å². The number of ketones is 1. The first kappa shape index (κ1) is 46.3. The Morgan fingerprint density at radius 1 is 0.828 bits per heavy atom. The molecule has 7 rings (SSSR count). The van der Waals surface area contributed by atoms with Gasteiger partial charge in [0.15, 0.2) is 5.78 Å². The smallest absolute Gasteiger partial charge is 0.162 e. The van der Waals surface area contributed by atoms with E-state index in [9.17, 15) is 9.90 Å². The predicted molar refractivity (Wildman–Crippen MR) is 243 cm³/mol. The molecule has 0 spiro atoms. The van der Waals surface area contributed by atoms with Gasteiger partial charge in [0.2, 0.25) is 0 Å². The van der Waals surface area contributed by atoms with Crippen LogP contribution in [0.25, 0.3) is 32.9 Å². The van der Waals surface area contributed by atoms with Gasteiger partial charge in [0.05, 0.1) is 11.3 Å². The van der Waals surface area contributed by atoms with Gasteiger partial charge in [-0.05, 0) is 129 Å². The first-order chi connectivity index (χ1) is 27.1. The maximum atomic E-state index is 12.0. The molecule has 4 aromatic rings. The molecule has 3 saturated carbocycles. The molecule has 4 heteroatoms. The number of aliphatic hydroxyl groups excluding tert-OH is 1. The molecule has 1 N–H and O–H groups in total. The van der Waals surface area contributed by atoms with Gasteiger partial charge < -0.3 is 5.11 Å². The van der Waals surface area contributed by atoms with Gasteiger partial charge in [-0.2, -0.15) is 0 Å². The van der Waals surface area contributed by atoms with E-state index in [1.165, 1.54) is 115 Å². The number of benzene rings is 3. The number of hydrogen-bond acceptors (Lipinski definition) is 3. The fraction of sp³-hybridized carbons (Fsp3) is 0.593. The number of aromatic nitrogens is 1. The number of aryl methyl sites for hydroxylation is 2. The van der Waals surface area contributed by atoms with Crippen molar-refractivity contribution in [3.8, 4) is 11.3 Å². The Morgan fingerprint density at radius 2 is 1.41 bits per heavy atom. The van der Waals surface area contributed by atoms with Crippen LogP contribution in [-0.4, -0.2) is 15.9 Å². The van der Waals surface area contributed by atoms with E-state index >= 15 is 0 Å². The number of carbonyl (C=O) groups is 1. The summed E-state index contributed by atoms with van der Waals surface area (Å²) in [6.45, 7) is 21.1. The van der Waals surface area contributed by atoms with Crippen LogP contribution in [0.15, 0.2) is 60.4 Å². The van der Waals surface area contributed by atoms with Crippen LogP contribution >= 0.6 is 0 Å². The SMILES string of the molecule is Cc1cc(C)c2c(C3CCC(CC(C)C)(CC(C)C)CC3)cc(-c3[c-]c4ccccc4c(C(C)(C)C)c3)nc2c1.O=C(/C=C(\O)C1CCCCC1)C1CCCCC1.[Ir]. The second-order valence-electron chi connectivity index (χ2n) is 20.6. The van der Waals surface area contributed by atoms with Gasteiger partial charge in [0.1, 0.15) is 0 Å². The summed E-state index contributed by atoms with van der Waals surface area (Å²) in [5.41, 5.74) is 9.41. The quantitative estimate of drug-likeness (QED) is 0.103. The van der Waals surface area contributed by atoms with Crippen LogP contribution in [0.5, 0.6) is 0 Å². The number of rotatable bonds is 9. The van der Waals surface area contributed by atoms with Crippen LogP contribution < -0.4 is 0 Å². The molecule has 0 saturated heterocycles. The molecule has 1 aromatic heterocycles. The molecule has 0 unspecified atom stereocenters. The molecular weight excluding hydrogens is 887 g/mol. The standard InChI is InChI=1S/C39H50N.C15H24O2.Ir/c1-25(2)23-39(24-26(3)4)16-14-29(15-17-39)33-22-35(40-36-19-27(5)18-28(6)37(33)36)31-20-30-12-10-11-13-32(30)34(21-31)38(7,8)9;16-14(12-7-3-1-4-8-12)11-15(17)13-9-5-2-6-10-13;/h10-13,18-19,21-22,25-26,29H,14-17,23-24H2,1-9H3;11-13,16H,1-10H2;/q-1;;/b;14-11-;. The first-order valence-corrected chi connectivity index (χ1v) is 22.9. The van der Waals surface area contributed by atoms with Gasteiger partial charge in [0.25, 0.3) is 0 Å².